The van der Waals surface area contributed by atoms with Gasteiger partial charge in [0.1, 0.15) is 0 Å². The van der Waals surface area contributed by atoms with E-state index in [2.05, 4.69) is 108 Å². The van der Waals surface area contributed by atoms with Crippen LogP contribution < -0.4 is 0 Å². The average Bonchev–Trinajstić information content (AvgIpc) is 2.92. The van der Waals surface area contributed by atoms with Crippen molar-refractivity contribution in [1.82, 2.24) is 0 Å². The standard InChI is InChI=1S/C32H22N2/c1-2-15-25(16-3-1)33-34-31-22-10-21-30(28-19-8-13-23-11-4-6-17-26(23)28)32(31)29-20-9-14-24-12-5-7-18-27(24)29/h1-22H. The Morgan fingerprint density at radius 3 is 1.62 bits per heavy atom. The summed E-state index contributed by atoms with van der Waals surface area (Å²) in [5.74, 6) is 0. The van der Waals surface area contributed by atoms with Crippen LogP contribution in [0.4, 0.5) is 11.4 Å². The predicted molar refractivity (Wildman–Crippen MR) is 143 cm³/mol. The third kappa shape index (κ3) is 3.66. The Hall–Kier alpha value is -4.56. The van der Waals surface area contributed by atoms with Gasteiger partial charge in [-0.2, -0.15) is 5.11 Å². The zero-order valence-corrected chi connectivity index (χ0v) is 18.6. The number of fused-ring (bicyclic) bond motifs is 2. The molecule has 0 aliphatic carbocycles. The van der Waals surface area contributed by atoms with Crippen molar-refractivity contribution in [3.8, 4) is 22.3 Å². The molecule has 0 unspecified atom stereocenters. The van der Waals surface area contributed by atoms with Crippen molar-refractivity contribution in [3.05, 3.63) is 133 Å². The second-order valence-electron chi connectivity index (χ2n) is 8.29. The molecule has 0 aromatic heterocycles. The van der Waals surface area contributed by atoms with Crippen molar-refractivity contribution in [2.24, 2.45) is 10.2 Å². The highest BCUT2D eigenvalue weighted by Crippen LogP contribution is 2.44. The Labute approximate surface area is 198 Å². The quantitative estimate of drug-likeness (QED) is 0.247. The normalized spacial score (nSPS) is 11.4. The summed E-state index contributed by atoms with van der Waals surface area (Å²) in [6, 6.07) is 46.2. The molecule has 2 nitrogen and oxygen atoms in total. The molecule has 0 atom stereocenters. The van der Waals surface area contributed by atoms with Crippen molar-refractivity contribution in [1.29, 1.82) is 0 Å². The molecule has 0 aliphatic rings. The molecule has 34 heavy (non-hydrogen) atoms. The molecule has 0 N–H and O–H groups in total. The van der Waals surface area contributed by atoms with E-state index in [1.165, 1.54) is 27.1 Å². The summed E-state index contributed by atoms with van der Waals surface area (Å²) in [6.07, 6.45) is 0. The van der Waals surface area contributed by atoms with Crippen LogP contribution in [0.3, 0.4) is 0 Å². The van der Waals surface area contributed by atoms with Crippen LogP contribution >= 0.6 is 0 Å². The number of azo groups is 1. The topological polar surface area (TPSA) is 24.7 Å². The minimum absolute atomic E-state index is 0.835. The van der Waals surface area contributed by atoms with Crippen LogP contribution in [0.2, 0.25) is 0 Å². The van der Waals surface area contributed by atoms with Crippen molar-refractivity contribution in [2.75, 3.05) is 0 Å². The fourth-order valence-corrected chi connectivity index (χ4v) is 4.64. The van der Waals surface area contributed by atoms with Gasteiger partial charge in [-0.3, -0.25) is 0 Å². The number of hydrogen-bond donors (Lipinski definition) is 0. The Kier molecular flexibility index (Phi) is 5.17. The Balaban J connectivity index is 1.66. The van der Waals surface area contributed by atoms with Crippen LogP contribution in [-0.4, -0.2) is 0 Å². The lowest BCUT2D eigenvalue weighted by Gasteiger charge is -2.16. The van der Waals surface area contributed by atoms with E-state index in [1.54, 1.807) is 0 Å². The van der Waals surface area contributed by atoms with Gasteiger partial charge in [0, 0.05) is 5.56 Å². The maximum Gasteiger partial charge on any atom is 0.0941 e. The second kappa shape index (κ2) is 8.76. The molecular formula is C32H22N2. The molecule has 0 saturated heterocycles. The fourth-order valence-electron chi connectivity index (χ4n) is 4.64. The minimum Gasteiger partial charge on any atom is -0.151 e. The maximum absolute atomic E-state index is 4.75. The molecule has 6 rings (SSSR count). The van der Waals surface area contributed by atoms with Crippen molar-refractivity contribution in [2.45, 2.75) is 0 Å². The summed E-state index contributed by atoms with van der Waals surface area (Å²) in [5.41, 5.74) is 6.28. The van der Waals surface area contributed by atoms with Crippen LogP contribution in [0.25, 0.3) is 43.8 Å². The first-order valence-corrected chi connectivity index (χ1v) is 11.4. The Morgan fingerprint density at radius 2 is 0.882 bits per heavy atom. The molecule has 0 amide bonds. The lowest BCUT2D eigenvalue weighted by molar-refractivity contribution is 1.23. The van der Waals surface area contributed by atoms with Gasteiger partial charge in [-0.15, -0.1) is 5.11 Å². The molecule has 6 aromatic rings. The molecular weight excluding hydrogens is 412 g/mol. The Bertz CT molecular complexity index is 1640. The summed E-state index contributed by atoms with van der Waals surface area (Å²) in [7, 11) is 0. The zero-order valence-electron chi connectivity index (χ0n) is 18.6. The van der Waals surface area contributed by atoms with Gasteiger partial charge >= 0.3 is 0 Å². The highest BCUT2D eigenvalue weighted by molar-refractivity contribution is 6.07. The van der Waals surface area contributed by atoms with Gasteiger partial charge in [0.05, 0.1) is 11.4 Å². The fraction of sp³-hybridized carbons (Fsp3) is 0. The van der Waals surface area contributed by atoms with E-state index in [0.29, 0.717) is 0 Å². The smallest absolute Gasteiger partial charge is 0.0941 e. The SMILES string of the molecule is c1ccc(N=Nc2cccc(-c3cccc4ccccc34)c2-c2cccc3ccccc23)cc1. The zero-order chi connectivity index (χ0) is 22.7. The molecule has 0 heterocycles. The summed E-state index contributed by atoms with van der Waals surface area (Å²) >= 11 is 0. The largest absolute Gasteiger partial charge is 0.151 e. The van der Waals surface area contributed by atoms with E-state index in [1.807, 2.05) is 30.3 Å². The van der Waals surface area contributed by atoms with Gasteiger partial charge < -0.3 is 0 Å². The summed E-state index contributed by atoms with van der Waals surface area (Å²) in [5, 5.41) is 14.2. The first-order valence-electron chi connectivity index (χ1n) is 11.4. The molecule has 160 valence electrons. The van der Waals surface area contributed by atoms with Crippen LogP contribution in [0.15, 0.2) is 144 Å². The molecule has 2 heteroatoms. The first-order chi connectivity index (χ1) is 16.9. The first kappa shape index (κ1) is 20.1. The summed E-state index contributed by atoms with van der Waals surface area (Å²) < 4.78 is 0. The third-order valence-corrected chi connectivity index (χ3v) is 6.21. The van der Waals surface area contributed by atoms with Gasteiger partial charge in [-0.1, -0.05) is 115 Å². The van der Waals surface area contributed by atoms with Crippen molar-refractivity contribution in [3.63, 3.8) is 0 Å². The monoisotopic (exact) mass is 434 g/mol. The average molecular weight is 435 g/mol. The highest BCUT2D eigenvalue weighted by atomic mass is 15.1. The lowest BCUT2D eigenvalue weighted by atomic mass is 9.88. The van der Waals surface area contributed by atoms with Crippen molar-refractivity contribution >= 4 is 32.9 Å². The van der Waals surface area contributed by atoms with E-state index < -0.39 is 0 Å². The highest BCUT2D eigenvalue weighted by Gasteiger charge is 2.16. The van der Waals surface area contributed by atoms with E-state index in [-0.39, 0.29) is 0 Å². The molecule has 0 saturated carbocycles. The van der Waals surface area contributed by atoms with Gasteiger partial charge in [0.15, 0.2) is 0 Å². The minimum atomic E-state index is 0.835. The number of benzene rings is 6. The number of hydrogen-bond acceptors (Lipinski definition) is 2. The van der Waals surface area contributed by atoms with Crippen LogP contribution in [-0.2, 0) is 0 Å². The van der Waals surface area contributed by atoms with Gasteiger partial charge in [0.2, 0.25) is 0 Å². The molecule has 0 aliphatic heterocycles. The van der Waals surface area contributed by atoms with Gasteiger partial charge in [-0.25, -0.2) is 0 Å². The van der Waals surface area contributed by atoms with Crippen molar-refractivity contribution < 1.29 is 0 Å². The van der Waals surface area contributed by atoms with E-state index in [0.717, 1.165) is 28.1 Å². The van der Waals surface area contributed by atoms with E-state index in [9.17, 15) is 0 Å². The molecule has 6 aromatic carbocycles. The molecule has 0 spiro atoms. The van der Waals surface area contributed by atoms with E-state index >= 15 is 0 Å². The summed E-state index contributed by atoms with van der Waals surface area (Å²) in [6.45, 7) is 0. The Morgan fingerprint density at radius 1 is 0.353 bits per heavy atom. The molecule has 0 radical (unpaired) electrons. The van der Waals surface area contributed by atoms with Gasteiger partial charge in [-0.05, 0) is 56.4 Å². The molecule has 0 fully saturated rings. The van der Waals surface area contributed by atoms with Crippen LogP contribution in [0.1, 0.15) is 0 Å². The van der Waals surface area contributed by atoms with Gasteiger partial charge in [0.25, 0.3) is 0 Å². The number of nitrogens with zero attached hydrogens (tertiary/aromatic N) is 2. The maximum atomic E-state index is 4.75. The lowest BCUT2D eigenvalue weighted by Crippen LogP contribution is -1.89. The third-order valence-electron chi connectivity index (χ3n) is 6.21. The molecule has 0 bridgehead atoms. The van der Waals surface area contributed by atoms with Crippen LogP contribution in [0.5, 0.6) is 0 Å². The second-order valence-corrected chi connectivity index (χ2v) is 8.29. The predicted octanol–water partition coefficient (Wildman–Crippen LogP) is 9.74. The number of rotatable bonds is 4. The van der Waals surface area contributed by atoms with E-state index in [4.69, 9.17) is 5.11 Å². The summed E-state index contributed by atoms with van der Waals surface area (Å²) in [4.78, 5) is 0. The van der Waals surface area contributed by atoms with Crippen LogP contribution in [0, 0.1) is 0 Å².